The van der Waals surface area contributed by atoms with E-state index in [2.05, 4.69) is 19.1 Å². The SMILES string of the molecule is CCCCCCCCCCCC/C=C/CCO[C@H]1CO[C@H](CO)[C@@H](O)[C@@H]1O. The summed E-state index contributed by atoms with van der Waals surface area (Å²) in [6, 6.07) is 0. The van der Waals surface area contributed by atoms with Gasteiger partial charge in [0.2, 0.25) is 0 Å². The molecule has 0 amide bonds. The highest BCUT2D eigenvalue weighted by atomic mass is 16.6. The highest BCUT2D eigenvalue weighted by Crippen LogP contribution is 2.18. The minimum atomic E-state index is -1.10. The molecular weight excluding hydrogens is 344 g/mol. The topological polar surface area (TPSA) is 79.2 Å². The van der Waals surface area contributed by atoms with Crippen molar-refractivity contribution in [2.75, 3.05) is 19.8 Å². The van der Waals surface area contributed by atoms with Gasteiger partial charge in [0.1, 0.15) is 24.4 Å². The first kappa shape index (κ1) is 24.6. The molecular formula is C22H42O5. The number of hydrogen-bond acceptors (Lipinski definition) is 5. The summed E-state index contributed by atoms with van der Waals surface area (Å²) in [6.45, 7) is 2.66. The van der Waals surface area contributed by atoms with E-state index in [1.807, 2.05) is 0 Å². The molecule has 0 unspecified atom stereocenters. The third-order valence-corrected chi connectivity index (χ3v) is 5.27. The Bertz CT molecular complexity index is 361. The van der Waals surface area contributed by atoms with Crippen molar-refractivity contribution < 1.29 is 24.8 Å². The number of ether oxygens (including phenoxy) is 2. The van der Waals surface area contributed by atoms with Crippen LogP contribution in [0.25, 0.3) is 0 Å². The zero-order chi connectivity index (χ0) is 19.7. The minimum Gasteiger partial charge on any atom is -0.394 e. The van der Waals surface area contributed by atoms with E-state index in [-0.39, 0.29) is 13.2 Å². The highest BCUT2D eigenvalue weighted by molar-refractivity contribution is 4.88. The van der Waals surface area contributed by atoms with E-state index in [0.717, 1.165) is 12.8 Å². The van der Waals surface area contributed by atoms with Crippen molar-refractivity contribution in [2.45, 2.75) is 108 Å². The molecule has 0 spiro atoms. The predicted molar refractivity (Wildman–Crippen MR) is 109 cm³/mol. The van der Waals surface area contributed by atoms with Gasteiger partial charge >= 0.3 is 0 Å². The maximum atomic E-state index is 9.97. The maximum absolute atomic E-state index is 9.97. The van der Waals surface area contributed by atoms with Gasteiger partial charge in [-0.25, -0.2) is 0 Å². The Morgan fingerprint density at radius 3 is 2.07 bits per heavy atom. The van der Waals surface area contributed by atoms with Crippen LogP contribution in [0.2, 0.25) is 0 Å². The van der Waals surface area contributed by atoms with Crippen molar-refractivity contribution in [3.05, 3.63) is 12.2 Å². The van der Waals surface area contributed by atoms with Crippen LogP contribution in [0.15, 0.2) is 12.2 Å². The lowest BCUT2D eigenvalue weighted by atomic mass is 10.0. The van der Waals surface area contributed by atoms with E-state index >= 15 is 0 Å². The fourth-order valence-electron chi connectivity index (χ4n) is 3.44. The molecule has 0 aromatic rings. The van der Waals surface area contributed by atoms with Crippen LogP contribution in [0.1, 0.15) is 84.0 Å². The minimum absolute atomic E-state index is 0.200. The second-order valence-corrected chi connectivity index (χ2v) is 7.68. The van der Waals surface area contributed by atoms with Crippen LogP contribution < -0.4 is 0 Å². The standard InChI is InChI=1S/C22H42O5/c1-2-3-4-5-6-7-8-9-10-11-12-13-14-15-16-26-20-18-27-19(17-23)21(24)22(20)25/h13-14,19-25H,2-12,15-18H2,1H3/b14-13+/t19-,20+,21-,22-/m1/s1. The van der Waals surface area contributed by atoms with Gasteiger partial charge in [-0.05, 0) is 19.3 Å². The monoisotopic (exact) mass is 386 g/mol. The molecule has 0 saturated carbocycles. The molecule has 5 nitrogen and oxygen atoms in total. The zero-order valence-corrected chi connectivity index (χ0v) is 17.2. The average molecular weight is 387 g/mol. The van der Waals surface area contributed by atoms with Crippen molar-refractivity contribution in [1.29, 1.82) is 0 Å². The van der Waals surface area contributed by atoms with Crippen LogP contribution in [-0.4, -0.2) is 59.6 Å². The van der Waals surface area contributed by atoms with Crippen molar-refractivity contribution >= 4 is 0 Å². The van der Waals surface area contributed by atoms with Gasteiger partial charge in [0, 0.05) is 0 Å². The zero-order valence-electron chi connectivity index (χ0n) is 17.2. The third kappa shape index (κ3) is 11.2. The fourth-order valence-corrected chi connectivity index (χ4v) is 3.44. The summed E-state index contributed by atoms with van der Waals surface area (Å²) in [4.78, 5) is 0. The lowest BCUT2D eigenvalue weighted by Crippen LogP contribution is -2.55. The molecule has 0 aromatic heterocycles. The van der Waals surface area contributed by atoms with Crippen molar-refractivity contribution in [2.24, 2.45) is 0 Å². The molecule has 160 valence electrons. The van der Waals surface area contributed by atoms with E-state index < -0.39 is 24.4 Å². The molecule has 0 bridgehead atoms. The number of rotatable bonds is 16. The Balaban J connectivity index is 1.90. The maximum Gasteiger partial charge on any atom is 0.111 e. The molecule has 1 saturated heterocycles. The first-order valence-corrected chi connectivity index (χ1v) is 11.1. The number of allylic oxidation sites excluding steroid dienone is 1. The number of aliphatic hydroxyl groups is 3. The van der Waals surface area contributed by atoms with Crippen molar-refractivity contribution in [1.82, 2.24) is 0 Å². The predicted octanol–water partition coefficient (Wildman–Crippen LogP) is 3.74. The molecule has 1 rings (SSSR count). The first-order chi connectivity index (χ1) is 13.2. The second-order valence-electron chi connectivity index (χ2n) is 7.68. The molecule has 27 heavy (non-hydrogen) atoms. The summed E-state index contributed by atoms with van der Waals surface area (Å²) >= 11 is 0. The summed E-state index contributed by atoms with van der Waals surface area (Å²) in [5, 5.41) is 28.8. The summed E-state index contributed by atoms with van der Waals surface area (Å²) in [5.41, 5.74) is 0. The molecule has 3 N–H and O–H groups in total. The van der Waals surface area contributed by atoms with E-state index in [1.165, 1.54) is 64.2 Å². The first-order valence-electron chi connectivity index (χ1n) is 11.1. The van der Waals surface area contributed by atoms with Gasteiger partial charge < -0.3 is 24.8 Å². The molecule has 4 atom stereocenters. The van der Waals surface area contributed by atoms with Crippen LogP contribution in [-0.2, 0) is 9.47 Å². The average Bonchev–Trinajstić information content (AvgIpc) is 2.68. The largest absolute Gasteiger partial charge is 0.394 e. The molecule has 0 aliphatic carbocycles. The van der Waals surface area contributed by atoms with Gasteiger partial charge in [0.25, 0.3) is 0 Å². The third-order valence-electron chi connectivity index (χ3n) is 5.27. The normalized spacial score (nSPS) is 26.1. The Kier molecular flexibility index (Phi) is 15.0. The van der Waals surface area contributed by atoms with E-state index in [1.54, 1.807) is 0 Å². The molecule has 1 fully saturated rings. The van der Waals surface area contributed by atoms with Crippen LogP contribution in [0.5, 0.6) is 0 Å². The number of aliphatic hydroxyl groups excluding tert-OH is 3. The van der Waals surface area contributed by atoms with Crippen molar-refractivity contribution in [3.63, 3.8) is 0 Å². The van der Waals surface area contributed by atoms with Gasteiger partial charge in [0.05, 0.1) is 19.8 Å². The molecule has 1 aliphatic heterocycles. The van der Waals surface area contributed by atoms with Gasteiger partial charge in [-0.15, -0.1) is 0 Å². The van der Waals surface area contributed by atoms with Gasteiger partial charge in [-0.2, -0.15) is 0 Å². The van der Waals surface area contributed by atoms with Crippen LogP contribution >= 0.6 is 0 Å². The molecule has 0 radical (unpaired) electrons. The molecule has 5 heteroatoms. The molecule has 1 heterocycles. The van der Waals surface area contributed by atoms with Gasteiger partial charge in [0.15, 0.2) is 0 Å². The Labute approximate surface area is 165 Å². The van der Waals surface area contributed by atoms with Gasteiger partial charge in [-0.1, -0.05) is 76.9 Å². The van der Waals surface area contributed by atoms with Crippen LogP contribution in [0.3, 0.4) is 0 Å². The van der Waals surface area contributed by atoms with Crippen LogP contribution in [0, 0.1) is 0 Å². The quantitative estimate of drug-likeness (QED) is 0.278. The lowest BCUT2D eigenvalue weighted by Gasteiger charge is -2.36. The number of unbranched alkanes of at least 4 members (excludes halogenated alkanes) is 10. The lowest BCUT2D eigenvalue weighted by molar-refractivity contribution is -0.208. The van der Waals surface area contributed by atoms with E-state index in [4.69, 9.17) is 14.6 Å². The smallest absolute Gasteiger partial charge is 0.111 e. The molecule has 0 aromatic carbocycles. The summed E-state index contributed by atoms with van der Waals surface area (Å²) < 4.78 is 10.9. The van der Waals surface area contributed by atoms with Gasteiger partial charge in [-0.3, -0.25) is 0 Å². The highest BCUT2D eigenvalue weighted by Gasteiger charge is 2.38. The number of hydrogen-bond donors (Lipinski definition) is 3. The Morgan fingerprint density at radius 1 is 0.852 bits per heavy atom. The van der Waals surface area contributed by atoms with E-state index in [9.17, 15) is 10.2 Å². The summed E-state index contributed by atoms with van der Waals surface area (Å²) in [6.07, 6.45) is 16.5. The summed E-state index contributed by atoms with van der Waals surface area (Å²) in [7, 11) is 0. The molecule has 1 aliphatic rings. The summed E-state index contributed by atoms with van der Waals surface area (Å²) in [5.74, 6) is 0. The fraction of sp³-hybridized carbons (Fsp3) is 0.909. The second kappa shape index (κ2) is 16.5. The Hall–Kier alpha value is -0.460. The van der Waals surface area contributed by atoms with Crippen molar-refractivity contribution in [3.8, 4) is 0 Å². The van der Waals surface area contributed by atoms with E-state index in [0.29, 0.717) is 6.61 Å². The Morgan fingerprint density at radius 2 is 1.44 bits per heavy atom. The van der Waals surface area contributed by atoms with Crippen LogP contribution in [0.4, 0.5) is 0 Å².